The molecule has 2 aromatic heterocycles. The summed E-state index contributed by atoms with van der Waals surface area (Å²) in [6.45, 7) is -0.0711. The van der Waals surface area contributed by atoms with E-state index in [0.29, 0.717) is 17.9 Å². The first kappa shape index (κ1) is 22.1. The average molecular weight is 407 g/mol. The van der Waals surface area contributed by atoms with Crippen LogP contribution in [-0.2, 0) is 19.8 Å². The van der Waals surface area contributed by atoms with Crippen LogP contribution in [0.15, 0.2) is 48.5 Å². The van der Waals surface area contributed by atoms with Crippen molar-refractivity contribution in [2.75, 3.05) is 12.4 Å². The third-order valence-electron chi connectivity index (χ3n) is 3.67. The Hall–Kier alpha value is -3.17. The number of nitrogens with one attached hydrogen (secondary N) is 1. The van der Waals surface area contributed by atoms with Crippen molar-refractivity contribution in [3.63, 3.8) is 0 Å². The van der Waals surface area contributed by atoms with Crippen LogP contribution in [0.4, 0.5) is 19.0 Å². The molecule has 0 amide bonds. The summed E-state index contributed by atoms with van der Waals surface area (Å²) in [5.74, 6) is -1.24. The highest BCUT2D eigenvalue weighted by atomic mass is 19.1. The molecule has 3 N–H and O–H groups in total. The minimum absolute atomic E-state index is 0.185. The number of hydrogen-bond donors (Lipinski definition) is 3. The zero-order valence-corrected chi connectivity index (χ0v) is 15.6. The zero-order valence-electron chi connectivity index (χ0n) is 15.6. The first-order valence-electron chi connectivity index (χ1n) is 8.50. The standard InChI is InChI=1S/C14H15FN2O2.C6H5F2NO/c1-19-12-4-2-10(3-5-12)8-16-14-7-11(9-18)6-13(15)17-14;7-5-1-4(3-10)2-6(8)9-5/h2-7,18H,8-9H2,1H3,(H,16,17);1-2,10H,3H2. The smallest absolute Gasteiger partial charge is 0.215 e. The predicted molar refractivity (Wildman–Crippen MR) is 101 cm³/mol. The Morgan fingerprint density at radius 1 is 0.793 bits per heavy atom. The molecule has 0 aliphatic rings. The Bertz CT molecular complexity index is 904. The molecule has 0 aliphatic heterocycles. The Morgan fingerprint density at radius 3 is 1.83 bits per heavy atom. The quantitative estimate of drug-likeness (QED) is 0.544. The van der Waals surface area contributed by atoms with Crippen molar-refractivity contribution in [3.05, 3.63) is 83.1 Å². The van der Waals surface area contributed by atoms with E-state index in [4.69, 9.17) is 14.9 Å². The van der Waals surface area contributed by atoms with Crippen LogP contribution in [0, 0.1) is 17.8 Å². The Labute approximate surface area is 165 Å². The van der Waals surface area contributed by atoms with E-state index in [9.17, 15) is 13.2 Å². The van der Waals surface area contributed by atoms with Gasteiger partial charge in [0.2, 0.25) is 17.8 Å². The topological polar surface area (TPSA) is 87.5 Å². The lowest BCUT2D eigenvalue weighted by Gasteiger charge is -2.08. The third-order valence-corrected chi connectivity index (χ3v) is 3.67. The van der Waals surface area contributed by atoms with Crippen molar-refractivity contribution < 1.29 is 28.1 Å². The molecule has 0 fully saturated rings. The van der Waals surface area contributed by atoms with E-state index in [-0.39, 0.29) is 18.8 Å². The first-order chi connectivity index (χ1) is 13.9. The van der Waals surface area contributed by atoms with Crippen LogP contribution in [0.3, 0.4) is 0 Å². The highest BCUT2D eigenvalue weighted by Gasteiger charge is 2.02. The van der Waals surface area contributed by atoms with Crippen LogP contribution in [0.5, 0.6) is 5.75 Å². The lowest BCUT2D eigenvalue weighted by Crippen LogP contribution is -2.03. The summed E-state index contributed by atoms with van der Waals surface area (Å²) in [6.07, 6.45) is 0. The highest BCUT2D eigenvalue weighted by molar-refractivity contribution is 5.39. The molecule has 0 saturated heterocycles. The lowest BCUT2D eigenvalue weighted by atomic mass is 10.2. The second-order valence-corrected chi connectivity index (χ2v) is 5.82. The molecule has 3 aromatic rings. The maximum atomic E-state index is 13.2. The molecular weight excluding hydrogens is 387 g/mol. The van der Waals surface area contributed by atoms with Gasteiger partial charge in [0.1, 0.15) is 11.6 Å². The molecule has 0 bridgehead atoms. The summed E-state index contributed by atoms with van der Waals surface area (Å²) in [5.41, 5.74) is 1.70. The van der Waals surface area contributed by atoms with Gasteiger partial charge in [-0.3, -0.25) is 0 Å². The second-order valence-electron chi connectivity index (χ2n) is 5.82. The van der Waals surface area contributed by atoms with Crippen molar-refractivity contribution in [3.8, 4) is 5.75 Å². The minimum Gasteiger partial charge on any atom is -0.497 e. The number of pyridine rings is 2. The number of methoxy groups -OCH3 is 1. The van der Waals surface area contributed by atoms with Crippen molar-refractivity contribution >= 4 is 5.82 Å². The van der Waals surface area contributed by atoms with Crippen molar-refractivity contribution in [1.82, 2.24) is 9.97 Å². The predicted octanol–water partition coefficient (Wildman–Crippen LogP) is 3.19. The maximum absolute atomic E-state index is 13.2. The van der Waals surface area contributed by atoms with Gasteiger partial charge in [-0.05, 0) is 53.1 Å². The molecule has 2 heterocycles. The van der Waals surface area contributed by atoms with Crippen LogP contribution in [0.25, 0.3) is 0 Å². The van der Waals surface area contributed by atoms with E-state index < -0.39 is 17.8 Å². The number of aliphatic hydroxyl groups excluding tert-OH is 2. The first-order valence-corrected chi connectivity index (χ1v) is 8.50. The zero-order chi connectivity index (χ0) is 21.2. The summed E-state index contributed by atoms with van der Waals surface area (Å²) < 4.78 is 42.5. The molecular formula is C20H20F3N3O3. The van der Waals surface area contributed by atoms with Gasteiger partial charge in [0, 0.05) is 6.54 Å². The normalized spacial score (nSPS) is 10.1. The summed E-state index contributed by atoms with van der Waals surface area (Å²) in [5, 5.41) is 20.4. The van der Waals surface area contributed by atoms with Crippen LogP contribution in [0.1, 0.15) is 16.7 Å². The van der Waals surface area contributed by atoms with Crippen molar-refractivity contribution in [1.29, 1.82) is 0 Å². The molecule has 29 heavy (non-hydrogen) atoms. The van der Waals surface area contributed by atoms with Gasteiger partial charge in [-0.25, -0.2) is 4.98 Å². The fourth-order valence-corrected chi connectivity index (χ4v) is 2.27. The van der Waals surface area contributed by atoms with E-state index >= 15 is 0 Å². The number of halogens is 3. The number of aromatic nitrogens is 2. The average Bonchev–Trinajstić information content (AvgIpc) is 2.72. The third kappa shape index (κ3) is 7.40. The van der Waals surface area contributed by atoms with Gasteiger partial charge in [0.15, 0.2) is 0 Å². The fraction of sp³-hybridized carbons (Fsp3) is 0.200. The van der Waals surface area contributed by atoms with Crippen molar-refractivity contribution in [2.45, 2.75) is 19.8 Å². The summed E-state index contributed by atoms with van der Waals surface area (Å²) >= 11 is 0. The molecule has 3 rings (SSSR count). The van der Waals surface area contributed by atoms with E-state index in [1.165, 1.54) is 6.07 Å². The molecule has 1 aromatic carbocycles. The van der Waals surface area contributed by atoms with Gasteiger partial charge in [0.25, 0.3) is 0 Å². The molecule has 154 valence electrons. The highest BCUT2D eigenvalue weighted by Crippen LogP contribution is 2.14. The number of anilines is 1. The second kappa shape index (κ2) is 11.0. The number of aliphatic hydroxyl groups is 2. The fourth-order valence-electron chi connectivity index (χ4n) is 2.27. The van der Waals surface area contributed by atoms with Crippen LogP contribution >= 0.6 is 0 Å². The number of hydrogen-bond acceptors (Lipinski definition) is 6. The molecule has 0 radical (unpaired) electrons. The van der Waals surface area contributed by atoms with E-state index in [1.54, 1.807) is 13.2 Å². The number of benzene rings is 1. The van der Waals surface area contributed by atoms with Crippen LogP contribution in [-0.4, -0.2) is 27.3 Å². The SMILES string of the molecule is COc1ccc(CNc2cc(CO)cc(F)n2)cc1.OCc1cc(F)nc(F)c1. The van der Waals surface area contributed by atoms with Crippen LogP contribution in [0.2, 0.25) is 0 Å². The molecule has 0 aliphatic carbocycles. The molecule has 6 nitrogen and oxygen atoms in total. The van der Waals surface area contributed by atoms with Crippen LogP contribution < -0.4 is 10.1 Å². The van der Waals surface area contributed by atoms with Gasteiger partial charge in [-0.2, -0.15) is 18.2 Å². The molecule has 0 spiro atoms. The number of ether oxygens (including phenoxy) is 1. The molecule has 0 unspecified atom stereocenters. The molecule has 9 heteroatoms. The van der Waals surface area contributed by atoms with E-state index in [2.05, 4.69) is 15.3 Å². The summed E-state index contributed by atoms with van der Waals surface area (Å²) in [7, 11) is 1.61. The van der Waals surface area contributed by atoms with Gasteiger partial charge in [0.05, 0.1) is 20.3 Å². The summed E-state index contributed by atoms with van der Waals surface area (Å²) in [6, 6.07) is 12.3. The van der Waals surface area contributed by atoms with Crippen molar-refractivity contribution in [2.24, 2.45) is 0 Å². The largest absolute Gasteiger partial charge is 0.497 e. The minimum atomic E-state index is -0.913. The Morgan fingerprint density at radius 2 is 1.31 bits per heavy atom. The number of rotatable bonds is 6. The molecule has 0 saturated carbocycles. The Balaban J connectivity index is 0.000000253. The lowest BCUT2D eigenvalue weighted by molar-refractivity contribution is 0.279. The van der Waals surface area contributed by atoms with Gasteiger partial charge in [-0.15, -0.1) is 0 Å². The van der Waals surface area contributed by atoms with E-state index in [0.717, 1.165) is 23.4 Å². The number of nitrogens with zero attached hydrogens (tertiary/aromatic N) is 2. The monoisotopic (exact) mass is 407 g/mol. The van der Waals surface area contributed by atoms with E-state index in [1.807, 2.05) is 24.3 Å². The maximum Gasteiger partial charge on any atom is 0.215 e. The summed E-state index contributed by atoms with van der Waals surface area (Å²) in [4.78, 5) is 6.55. The molecule has 0 atom stereocenters. The van der Waals surface area contributed by atoms with Gasteiger partial charge < -0.3 is 20.3 Å². The van der Waals surface area contributed by atoms with Gasteiger partial charge in [-0.1, -0.05) is 12.1 Å². The Kier molecular flexibility index (Phi) is 8.38. The van der Waals surface area contributed by atoms with Gasteiger partial charge >= 0.3 is 0 Å².